The first-order valence-corrected chi connectivity index (χ1v) is 15.5. The Bertz CT molecular complexity index is 717. The van der Waals surface area contributed by atoms with Crippen LogP contribution in [0.4, 0.5) is 17.6 Å². The Morgan fingerprint density at radius 1 is 0.769 bits per heavy atom. The molecule has 1 N–H and O–H groups in total. The lowest BCUT2D eigenvalue weighted by Crippen LogP contribution is -2.45. The predicted octanol–water partition coefficient (Wildman–Crippen LogP) is 6.48. The fraction of sp³-hybridized carbons (Fsp3) is 1.00. The maximum absolute atomic E-state index is 13.5. The van der Waals surface area contributed by atoms with Gasteiger partial charge in [0.1, 0.15) is 0 Å². The molecule has 0 radical (unpaired) electrons. The summed E-state index contributed by atoms with van der Waals surface area (Å²) in [6, 6.07) is 0. The summed E-state index contributed by atoms with van der Waals surface area (Å²) in [4.78, 5) is 4.41. The summed E-state index contributed by atoms with van der Waals surface area (Å²) < 4.78 is 64.1. The van der Waals surface area contributed by atoms with Crippen molar-refractivity contribution in [2.75, 3.05) is 59.6 Å². The third-order valence-electron chi connectivity index (χ3n) is 9.15. The van der Waals surface area contributed by atoms with Crippen LogP contribution in [0.3, 0.4) is 0 Å². The molecule has 3 heterocycles. The van der Waals surface area contributed by atoms with Crippen LogP contribution in [0, 0.1) is 16.2 Å². The Hall–Kier alpha value is -0.480. The van der Waals surface area contributed by atoms with Crippen LogP contribution in [0.2, 0.25) is 0 Å². The van der Waals surface area contributed by atoms with E-state index in [2.05, 4.69) is 4.90 Å². The monoisotopic (exact) mass is 568 g/mol. The number of ether oxygens (including phenoxy) is 2. The maximum Gasteiger partial charge on any atom is 0.258 e. The SMILES string of the molecule is CC.CC.CC.COCC1(CN2CCC3(CC2)CC3(F)F)CC1(F)F.OCC1(CN2CC3CCC(C2)O3)CC1. The molecular weight excluding hydrogens is 512 g/mol. The number of alkyl halides is 4. The van der Waals surface area contributed by atoms with E-state index in [9.17, 15) is 22.7 Å². The number of hydrogen-bond donors (Lipinski definition) is 1. The summed E-state index contributed by atoms with van der Waals surface area (Å²) in [5.74, 6) is -5.19. The standard InChI is InChI=1S/C13H19F4NO.C11H19NO2.3C2H6/c1-19-9-11(7-13(11,16)17)8-18-4-2-10(3-5-18)6-12(10,14)15;13-8-11(3-4-11)7-12-5-9-1-2-10(6-12)14-9;3*1-2/h2-9H2,1H3;9-10,13H,1-8H2;3*1-2H3. The van der Waals surface area contributed by atoms with Gasteiger partial charge in [-0.15, -0.1) is 0 Å². The van der Waals surface area contributed by atoms with Gasteiger partial charge in [-0.3, -0.25) is 4.90 Å². The largest absolute Gasteiger partial charge is 0.396 e. The molecule has 0 amide bonds. The fourth-order valence-corrected chi connectivity index (χ4v) is 6.37. The van der Waals surface area contributed by atoms with Gasteiger partial charge in [0.15, 0.2) is 0 Å². The second kappa shape index (κ2) is 14.1. The number of likely N-dealkylation sites (tertiary alicyclic amines) is 2. The van der Waals surface area contributed by atoms with E-state index in [1.807, 2.05) is 46.4 Å². The van der Waals surface area contributed by atoms with Gasteiger partial charge < -0.3 is 19.5 Å². The number of hydrogen-bond acceptors (Lipinski definition) is 5. The molecule has 6 aliphatic rings. The van der Waals surface area contributed by atoms with E-state index in [1.165, 1.54) is 32.8 Å². The van der Waals surface area contributed by atoms with Gasteiger partial charge in [-0.2, -0.15) is 0 Å². The highest BCUT2D eigenvalue weighted by Gasteiger charge is 2.73. The van der Waals surface area contributed by atoms with Crippen LogP contribution in [-0.4, -0.2) is 98.6 Å². The molecule has 0 aromatic rings. The molecule has 3 aliphatic carbocycles. The Balaban J connectivity index is 0.000000236. The molecule has 1 spiro atoms. The fourth-order valence-electron chi connectivity index (χ4n) is 6.37. The highest BCUT2D eigenvalue weighted by atomic mass is 19.3. The topological polar surface area (TPSA) is 45.2 Å². The Labute approximate surface area is 235 Å². The van der Waals surface area contributed by atoms with Crippen molar-refractivity contribution in [3.8, 4) is 0 Å². The molecule has 3 saturated carbocycles. The minimum absolute atomic E-state index is 0.0206. The summed E-state index contributed by atoms with van der Waals surface area (Å²) in [6.45, 7) is 17.0. The van der Waals surface area contributed by atoms with E-state index in [4.69, 9.17) is 9.47 Å². The van der Waals surface area contributed by atoms with Crippen LogP contribution in [0.1, 0.15) is 92.9 Å². The Morgan fingerprint density at radius 3 is 1.62 bits per heavy atom. The number of morpholine rings is 1. The minimum atomic E-state index is -2.67. The van der Waals surface area contributed by atoms with Gasteiger partial charge in [0.25, 0.3) is 11.8 Å². The van der Waals surface area contributed by atoms with Gasteiger partial charge in [-0.05, 0) is 51.6 Å². The number of aliphatic hydroxyl groups excluding tert-OH is 1. The van der Waals surface area contributed by atoms with Crippen molar-refractivity contribution >= 4 is 0 Å². The van der Waals surface area contributed by atoms with Crippen molar-refractivity contribution in [2.24, 2.45) is 16.2 Å². The highest BCUT2D eigenvalue weighted by Crippen LogP contribution is 2.66. The Kier molecular flexibility index (Phi) is 12.6. The second-order valence-electron chi connectivity index (χ2n) is 11.8. The van der Waals surface area contributed by atoms with E-state index >= 15 is 0 Å². The van der Waals surface area contributed by atoms with Crippen molar-refractivity contribution < 1.29 is 32.1 Å². The number of methoxy groups -OCH3 is 1. The molecule has 6 rings (SSSR count). The van der Waals surface area contributed by atoms with Gasteiger partial charge in [0.05, 0.1) is 24.2 Å². The summed E-state index contributed by atoms with van der Waals surface area (Å²) in [7, 11) is 1.42. The highest BCUT2D eigenvalue weighted by molar-refractivity contribution is 5.15. The summed E-state index contributed by atoms with van der Waals surface area (Å²) in [5, 5.41) is 9.28. The van der Waals surface area contributed by atoms with Gasteiger partial charge in [-0.1, -0.05) is 41.5 Å². The second-order valence-corrected chi connectivity index (χ2v) is 11.8. The first kappa shape index (κ1) is 34.7. The van der Waals surface area contributed by atoms with Crippen molar-refractivity contribution in [1.29, 1.82) is 0 Å². The molecule has 0 aromatic carbocycles. The molecule has 2 bridgehead atoms. The number of piperidine rings is 1. The predicted molar refractivity (Wildman–Crippen MR) is 149 cm³/mol. The van der Waals surface area contributed by atoms with Gasteiger partial charge in [0, 0.05) is 63.6 Å². The summed E-state index contributed by atoms with van der Waals surface area (Å²) >= 11 is 0. The van der Waals surface area contributed by atoms with Crippen LogP contribution in [0.5, 0.6) is 0 Å². The summed E-state index contributed by atoms with van der Waals surface area (Å²) in [5.41, 5.74) is -1.63. The van der Waals surface area contributed by atoms with Crippen LogP contribution < -0.4 is 0 Å². The number of nitrogens with zero attached hydrogens (tertiary/aromatic N) is 2. The molecule has 0 aromatic heterocycles. The molecule has 6 fully saturated rings. The van der Waals surface area contributed by atoms with Crippen LogP contribution in [-0.2, 0) is 9.47 Å². The van der Waals surface area contributed by atoms with Crippen molar-refractivity contribution in [2.45, 2.75) is 117 Å². The first-order valence-electron chi connectivity index (χ1n) is 15.5. The smallest absolute Gasteiger partial charge is 0.258 e. The molecular formula is C30H56F4N2O3. The maximum atomic E-state index is 13.5. The molecule has 3 aliphatic heterocycles. The average molecular weight is 569 g/mol. The van der Waals surface area contributed by atoms with E-state index in [1.54, 1.807) is 0 Å². The minimum Gasteiger partial charge on any atom is -0.396 e. The van der Waals surface area contributed by atoms with Crippen molar-refractivity contribution in [3.05, 3.63) is 0 Å². The third kappa shape index (κ3) is 8.08. The molecule has 5 nitrogen and oxygen atoms in total. The molecule has 232 valence electrons. The molecule has 3 unspecified atom stereocenters. The van der Waals surface area contributed by atoms with Gasteiger partial charge >= 0.3 is 0 Å². The van der Waals surface area contributed by atoms with Gasteiger partial charge in [-0.25, -0.2) is 17.6 Å². The van der Waals surface area contributed by atoms with Crippen LogP contribution in [0.15, 0.2) is 0 Å². The number of rotatable bonds is 7. The number of aliphatic hydroxyl groups is 1. The van der Waals surface area contributed by atoms with E-state index < -0.39 is 22.7 Å². The molecule has 3 saturated heterocycles. The molecule has 39 heavy (non-hydrogen) atoms. The molecule has 3 atom stereocenters. The van der Waals surface area contributed by atoms with Crippen LogP contribution in [0.25, 0.3) is 0 Å². The van der Waals surface area contributed by atoms with Crippen LogP contribution >= 0.6 is 0 Å². The van der Waals surface area contributed by atoms with E-state index in [-0.39, 0.29) is 31.4 Å². The Morgan fingerprint density at radius 2 is 1.26 bits per heavy atom. The van der Waals surface area contributed by atoms with E-state index in [0.29, 0.717) is 44.7 Å². The number of fused-ring (bicyclic) bond motifs is 2. The van der Waals surface area contributed by atoms with Gasteiger partial charge in [0.2, 0.25) is 0 Å². The summed E-state index contributed by atoms with van der Waals surface area (Å²) in [6.07, 6.45) is 6.58. The van der Waals surface area contributed by atoms with Crippen molar-refractivity contribution in [1.82, 2.24) is 9.80 Å². The lowest BCUT2D eigenvalue weighted by atomic mass is 9.92. The zero-order valence-electron chi connectivity index (χ0n) is 25.6. The number of halogens is 4. The normalized spacial score (nSPS) is 33.5. The molecule has 9 heteroatoms. The lowest BCUT2D eigenvalue weighted by molar-refractivity contribution is -0.0464. The van der Waals surface area contributed by atoms with Crippen molar-refractivity contribution in [3.63, 3.8) is 0 Å². The third-order valence-corrected chi connectivity index (χ3v) is 9.15. The quantitative estimate of drug-likeness (QED) is 0.356. The zero-order chi connectivity index (χ0) is 29.5. The lowest BCUT2D eigenvalue weighted by Gasteiger charge is -2.34. The van der Waals surface area contributed by atoms with E-state index in [0.717, 1.165) is 19.6 Å². The zero-order valence-corrected chi connectivity index (χ0v) is 25.6. The average Bonchev–Trinajstić information content (AvgIpc) is 3.86. The first-order chi connectivity index (χ1) is 18.6.